The highest BCUT2D eigenvalue weighted by Gasteiger charge is 2.17. The highest BCUT2D eigenvalue weighted by atomic mass is 16.3. The fraction of sp³-hybridized carbons (Fsp3) is 1.00. The van der Waals surface area contributed by atoms with Gasteiger partial charge >= 0.3 is 0 Å². The van der Waals surface area contributed by atoms with Crippen LogP contribution in [0.5, 0.6) is 0 Å². The molecule has 1 nitrogen and oxygen atoms in total. The van der Waals surface area contributed by atoms with Crippen molar-refractivity contribution in [2.24, 2.45) is 5.92 Å². The molecule has 0 spiro atoms. The van der Waals surface area contributed by atoms with Crippen LogP contribution in [0, 0.1) is 5.92 Å². The lowest BCUT2D eigenvalue weighted by Gasteiger charge is -2.24. The standard InChI is InChI=1S/C8H16O/c1-2-7-4-3-5-8(9)6-7/h7-9H,2-6H2,1H3/t7?,8-/m1/s1. The molecule has 0 aromatic heterocycles. The number of aliphatic hydroxyl groups excluding tert-OH is 1. The molecule has 0 saturated heterocycles. The normalized spacial score (nSPS) is 36.7. The Kier molecular flexibility index (Phi) is 2.52. The molecule has 1 fully saturated rings. The smallest absolute Gasteiger partial charge is 0.0542 e. The van der Waals surface area contributed by atoms with E-state index in [0.29, 0.717) is 0 Å². The minimum absolute atomic E-state index is 0.0173. The molecular formula is C8H16O. The van der Waals surface area contributed by atoms with E-state index in [0.717, 1.165) is 18.8 Å². The molecule has 1 rings (SSSR count). The highest BCUT2D eigenvalue weighted by Crippen LogP contribution is 2.25. The van der Waals surface area contributed by atoms with Gasteiger partial charge in [-0.1, -0.05) is 26.2 Å². The first-order valence-electron chi connectivity index (χ1n) is 4.01. The van der Waals surface area contributed by atoms with E-state index in [-0.39, 0.29) is 6.10 Å². The molecule has 0 aromatic carbocycles. The number of hydrogen-bond acceptors (Lipinski definition) is 1. The van der Waals surface area contributed by atoms with E-state index in [1.165, 1.54) is 19.3 Å². The summed E-state index contributed by atoms with van der Waals surface area (Å²) in [5.74, 6) is 0.814. The molecule has 1 aliphatic carbocycles. The summed E-state index contributed by atoms with van der Waals surface area (Å²) >= 11 is 0. The summed E-state index contributed by atoms with van der Waals surface area (Å²) in [6.07, 6.45) is 5.93. The molecule has 0 bridgehead atoms. The van der Waals surface area contributed by atoms with Gasteiger partial charge in [0.15, 0.2) is 0 Å². The fourth-order valence-corrected chi connectivity index (χ4v) is 1.63. The molecule has 1 N–H and O–H groups in total. The summed E-state index contributed by atoms with van der Waals surface area (Å²) in [5, 5.41) is 9.21. The summed E-state index contributed by atoms with van der Waals surface area (Å²) in [6, 6.07) is 0. The van der Waals surface area contributed by atoms with E-state index in [2.05, 4.69) is 6.92 Å². The molecular weight excluding hydrogens is 112 g/mol. The Bertz CT molecular complexity index is 80.6. The zero-order chi connectivity index (χ0) is 6.69. The van der Waals surface area contributed by atoms with Gasteiger partial charge in [0.1, 0.15) is 0 Å². The van der Waals surface area contributed by atoms with Crippen LogP contribution in [-0.4, -0.2) is 11.2 Å². The number of aliphatic hydroxyl groups is 1. The Morgan fingerprint density at radius 2 is 2.22 bits per heavy atom. The average Bonchev–Trinajstić information content (AvgIpc) is 1.88. The monoisotopic (exact) mass is 128 g/mol. The molecule has 1 saturated carbocycles. The average molecular weight is 128 g/mol. The summed E-state index contributed by atoms with van der Waals surface area (Å²) in [4.78, 5) is 0. The van der Waals surface area contributed by atoms with Crippen molar-refractivity contribution in [2.75, 3.05) is 0 Å². The quantitative estimate of drug-likeness (QED) is 0.572. The lowest BCUT2D eigenvalue weighted by molar-refractivity contribution is 0.0998. The molecule has 0 aromatic rings. The topological polar surface area (TPSA) is 20.2 Å². The Morgan fingerprint density at radius 1 is 1.44 bits per heavy atom. The van der Waals surface area contributed by atoms with E-state index in [9.17, 15) is 5.11 Å². The molecule has 0 amide bonds. The van der Waals surface area contributed by atoms with Gasteiger partial charge in [-0.2, -0.15) is 0 Å². The maximum absolute atomic E-state index is 9.21. The van der Waals surface area contributed by atoms with E-state index in [1.807, 2.05) is 0 Å². The second kappa shape index (κ2) is 3.21. The van der Waals surface area contributed by atoms with Gasteiger partial charge in [-0.3, -0.25) is 0 Å². The molecule has 0 heterocycles. The van der Waals surface area contributed by atoms with Gasteiger partial charge in [-0.15, -0.1) is 0 Å². The molecule has 54 valence electrons. The Balaban J connectivity index is 2.23. The van der Waals surface area contributed by atoms with Gasteiger partial charge in [0.05, 0.1) is 6.10 Å². The van der Waals surface area contributed by atoms with Gasteiger partial charge in [0, 0.05) is 0 Å². The zero-order valence-electron chi connectivity index (χ0n) is 6.14. The van der Waals surface area contributed by atoms with Crippen LogP contribution in [0.25, 0.3) is 0 Å². The second-order valence-corrected chi connectivity index (χ2v) is 3.09. The summed E-state index contributed by atoms with van der Waals surface area (Å²) in [6.45, 7) is 2.21. The van der Waals surface area contributed by atoms with Crippen molar-refractivity contribution in [3.63, 3.8) is 0 Å². The Morgan fingerprint density at radius 3 is 2.67 bits per heavy atom. The fourth-order valence-electron chi connectivity index (χ4n) is 1.63. The SMILES string of the molecule is CCC1CCC[C@@H](O)C1. The highest BCUT2D eigenvalue weighted by molar-refractivity contribution is 4.70. The van der Waals surface area contributed by atoms with Gasteiger partial charge in [0.2, 0.25) is 0 Å². The van der Waals surface area contributed by atoms with Crippen molar-refractivity contribution >= 4 is 0 Å². The van der Waals surface area contributed by atoms with E-state index in [4.69, 9.17) is 0 Å². The van der Waals surface area contributed by atoms with E-state index in [1.54, 1.807) is 0 Å². The minimum Gasteiger partial charge on any atom is -0.393 e. The molecule has 1 unspecified atom stereocenters. The summed E-state index contributed by atoms with van der Waals surface area (Å²) in [5.41, 5.74) is 0. The predicted molar refractivity (Wildman–Crippen MR) is 38.3 cm³/mol. The van der Waals surface area contributed by atoms with Crippen molar-refractivity contribution in [2.45, 2.75) is 45.1 Å². The predicted octanol–water partition coefficient (Wildman–Crippen LogP) is 1.95. The van der Waals surface area contributed by atoms with Crippen molar-refractivity contribution in [1.82, 2.24) is 0 Å². The van der Waals surface area contributed by atoms with Crippen LogP contribution >= 0.6 is 0 Å². The first-order chi connectivity index (χ1) is 4.33. The molecule has 0 radical (unpaired) electrons. The third kappa shape index (κ3) is 1.98. The summed E-state index contributed by atoms with van der Waals surface area (Å²) < 4.78 is 0. The second-order valence-electron chi connectivity index (χ2n) is 3.09. The van der Waals surface area contributed by atoms with Crippen molar-refractivity contribution < 1.29 is 5.11 Å². The van der Waals surface area contributed by atoms with Gasteiger partial charge in [-0.25, -0.2) is 0 Å². The van der Waals surface area contributed by atoms with Crippen LogP contribution in [0.3, 0.4) is 0 Å². The number of hydrogen-bond donors (Lipinski definition) is 1. The van der Waals surface area contributed by atoms with Crippen LogP contribution in [0.15, 0.2) is 0 Å². The number of rotatable bonds is 1. The van der Waals surface area contributed by atoms with Crippen molar-refractivity contribution in [3.8, 4) is 0 Å². The lowest BCUT2D eigenvalue weighted by Crippen LogP contribution is -2.18. The lowest BCUT2D eigenvalue weighted by atomic mass is 9.86. The molecule has 1 heteroatoms. The van der Waals surface area contributed by atoms with Gasteiger partial charge in [0.25, 0.3) is 0 Å². The first-order valence-corrected chi connectivity index (χ1v) is 4.01. The minimum atomic E-state index is 0.0173. The van der Waals surface area contributed by atoms with E-state index >= 15 is 0 Å². The van der Waals surface area contributed by atoms with Crippen LogP contribution in [0.2, 0.25) is 0 Å². The van der Waals surface area contributed by atoms with Gasteiger partial charge in [-0.05, 0) is 18.8 Å². The largest absolute Gasteiger partial charge is 0.393 e. The molecule has 9 heavy (non-hydrogen) atoms. The Hall–Kier alpha value is -0.0400. The van der Waals surface area contributed by atoms with Crippen LogP contribution in [0.4, 0.5) is 0 Å². The molecule has 1 aliphatic rings. The third-order valence-electron chi connectivity index (χ3n) is 2.33. The van der Waals surface area contributed by atoms with E-state index < -0.39 is 0 Å². The zero-order valence-corrected chi connectivity index (χ0v) is 6.14. The van der Waals surface area contributed by atoms with Crippen molar-refractivity contribution in [3.05, 3.63) is 0 Å². The first kappa shape index (κ1) is 7.07. The van der Waals surface area contributed by atoms with Gasteiger partial charge < -0.3 is 5.11 Å². The molecule has 0 aliphatic heterocycles. The maximum atomic E-state index is 9.21. The molecule has 2 atom stereocenters. The Labute approximate surface area is 57.1 Å². The van der Waals surface area contributed by atoms with Crippen LogP contribution < -0.4 is 0 Å². The van der Waals surface area contributed by atoms with Crippen molar-refractivity contribution in [1.29, 1.82) is 0 Å². The third-order valence-corrected chi connectivity index (χ3v) is 2.33. The summed E-state index contributed by atoms with van der Waals surface area (Å²) in [7, 11) is 0. The van der Waals surface area contributed by atoms with Crippen LogP contribution in [-0.2, 0) is 0 Å². The van der Waals surface area contributed by atoms with Crippen LogP contribution in [0.1, 0.15) is 39.0 Å². The maximum Gasteiger partial charge on any atom is 0.0542 e.